The van der Waals surface area contributed by atoms with Gasteiger partial charge >= 0.3 is 0 Å². The molecule has 0 aromatic rings. The molecule has 0 rings (SSSR count). The molecule has 0 spiro atoms. The SMILES string of the molecule is C.C=CCC.O=P([O-])([O-])[O-].O=P([O-])([O-])[O-].O=P([O-])([O-])[O-]. The van der Waals surface area contributed by atoms with Gasteiger partial charge in [0.25, 0.3) is 0 Å². The van der Waals surface area contributed by atoms with Crippen molar-refractivity contribution in [2.75, 3.05) is 0 Å². The van der Waals surface area contributed by atoms with Gasteiger partial charge < -0.3 is 57.7 Å². The van der Waals surface area contributed by atoms with E-state index in [9.17, 15) is 0 Å². The molecule has 0 atom stereocenters. The van der Waals surface area contributed by atoms with E-state index in [0.29, 0.717) is 0 Å². The van der Waals surface area contributed by atoms with Crippen LogP contribution in [0.25, 0.3) is 0 Å². The van der Waals surface area contributed by atoms with Gasteiger partial charge in [-0.3, -0.25) is 0 Å². The number of hydrogen-bond donors (Lipinski definition) is 0. The topological polar surface area (TPSA) is 259 Å². The van der Waals surface area contributed by atoms with Crippen LogP contribution in [0.1, 0.15) is 20.8 Å². The van der Waals surface area contributed by atoms with Crippen molar-refractivity contribution in [3.05, 3.63) is 12.7 Å². The second-order valence-corrected chi connectivity index (χ2v) is 4.72. The molecule has 0 bridgehead atoms. The zero-order chi connectivity index (χ0) is 16.9. The Morgan fingerprint density at radius 1 is 0.750 bits per heavy atom. The van der Waals surface area contributed by atoms with Gasteiger partial charge in [0.15, 0.2) is 0 Å². The standard InChI is InChI=1S/C4H8.CH4.3H3O4P/c1-3-4-2;;3*1-5(2,3)4/h3H,1,4H2,2H3;1H4;3*(H3,1,2,3,4)/p-9. The summed E-state index contributed by atoms with van der Waals surface area (Å²) in [6.07, 6.45) is 2.96. The van der Waals surface area contributed by atoms with E-state index in [4.69, 9.17) is 57.7 Å². The fourth-order valence-electron chi connectivity index (χ4n) is 0. The predicted molar refractivity (Wildman–Crippen MR) is 50.0 cm³/mol. The van der Waals surface area contributed by atoms with E-state index in [1.54, 1.807) is 0 Å². The number of phosphoric acid groups is 3. The van der Waals surface area contributed by atoms with E-state index in [1.165, 1.54) is 0 Å². The highest BCUT2D eigenvalue weighted by Crippen LogP contribution is 2.04. The molecule has 0 heterocycles. The molecule has 0 radical (unpaired) electrons. The van der Waals surface area contributed by atoms with Gasteiger partial charge in [0.2, 0.25) is 0 Å². The van der Waals surface area contributed by atoms with E-state index < -0.39 is 23.5 Å². The fourth-order valence-corrected chi connectivity index (χ4v) is 0. The van der Waals surface area contributed by atoms with E-state index >= 15 is 0 Å². The first-order valence-electron chi connectivity index (χ1n) is 3.71. The Kier molecular flexibility index (Phi) is 24.8. The highest BCUT2D eigenvalue weighted by atomic mass is 31.2. The van der Waals surface area contributed by atoms with Gasteiger partial charge in [0.1, 0.15) is 0 Å². The molecule has 0 N–H and O–H groups in total. The van der Waals surface area contributed by atoms with Crippen LogP contribution in [-0.4, -0.2) is 0 Å². The van der Waals surface area contributed by atoms with Crippen molar-refractivity contribution in [3.8, 4) is 0 Å². The molecule has 0 aromatic carbocycles. The molecule has 20 heavy (non-hydrogen) atoms. The summed E-state index contributed by atoms with van der Waals surface area (Å²) in [6.45, 7) is 5.54. The van der Waals surface area contributed by atoms with Gasteiger partial charge in [-0.2, -0.15) is 23.5 Å². The van der Waals surface area contributed by atoms with Crippen LogP contribution in [0, 0.1) is 0 Å². The summed E-state index contributed by atoms with van der Waals surface area (Å²) < 4.78 is 25.6. The molecule has 0 aliphatic heterocycles. The normalized spacial score (nSPS) is 10.1. The molecule has 0 unspecified atom stereocenters. The second-order valence-electron chi connectivity index (χ2n) is 2.04. The maximum Gasteiger partial charge on any atom is -0.0382 e. The van der Waals surface area contributed by atoms with Gasteiger partial charge in [0, 0.05) is 0 Å². The van der Waals surface area contributed by atoms with Gasteiger partial charge in [-0.15, -0.1) is 6.58 Å². The Morgan fingerprint density at radius 2 is 0.800 bits per heavy atom. The van der Waals surface area contributed by atoms with E-state index in [1.807, 2.05) is 6.08 Å². The summed E-state index contributed by atoms with van der Waals surface area (Å²) in [5.41, 5.74) is 0. The van der Waals surface area contributed by atoms with E-state index in [-0.39, 0.29) is 7.43 Å². The predicted octanol–water partition coefficient (Wildman–Crippen LogP) is -6.26. The van der Waals surface area contributed by atoms with Crippen LogP contribution >= 0.6 is 23.5 Å². The molecule has 0 aliphatic rings. The van der Waals surface area contributed by atoms with Gasteiger partial charge in [-0.25, -0.2) is 0 Å². The average Bonchev–Trinajstić information content (AvgIpc) is 1.93. The van der Waals surface area contributed by atoms with Crippen molar-refractivity contribution >= 4 is 23.5 Å². The summed E-state index contributed by atoms with van der Waals surface area (Å²) in [7, 11) is -16.2. The summed E-state index contributed by atoms with van der Waals surface area (Å²) in [6, 6.07) is 0. The van der Waals surface area contributed by atoms with Crippen LogP contribution in [0.3, 0.4) is 0 Å². The Bertz CT molecular complexity index is 263. The lowest BCUT2D eigenvalue weighted by Crippen LogP contribution is -2.24. The van der Waals surface area contributed by atoms with Gasteiger partial charge in [-0.1, -0.05) is 20.4 Å². The lowest BCUT2D eigenvalue weighted by Gasteiger charge is -2.36. The van der Waals surface area contributed by atoms with Crippen LogP contribution < -0.4 is 44.0 Å². The third-order valence-corrected chi connectivity index (χ3v) is 0.289. The first-order valence-corrected chi connectivity index (χ1v) is 8.10. The van der Waals surface area contributed by atoms with Crippen LogP contribution in [0.4, 0.5) is 0 Å². The molecule has 0 fully saturated rings. The van der Waals surface area contributed by atoms with Crippen molar-refractivity contribution in [2.45, 2.75) is 20.8 Å². The third kappa shape index (κ3) is 4600. The van der Waals surface area contributed by atoms with Crippen molar-refractivity contribution in [1.82, 2.24) is 0 Å². The summed E-state index contributed by atoms with van der Waals surface area (Å²) in [5.74, 6) is 0. The molecule has 12 nitrogen and oxygen atoms in total. The van der Waals surface area contributed by atoms with Crippen molar-refractivity contribution in [3.63, 3.8) is 0 Å². The zero-order valence-corrected chi connectivity index (χ0v) is 11.9. The number of hydrogen-bond acceptors (Lipinski definition) is 12. The fraction of sp³-hybridized carbons (Fsp3) is 0.600. The second kappa shape index (κ2) is 15.5. The molecule has 0 amide bonds. The van der Waals surface area contributed by atoms with Gasteiger partial charge in [0.05, 0.1) is 0 Å². The summed E-state index contributed by atoms with van der Waals surface area (Å²) in [5, 5.41) is 0. The molecular weight excluding hydrogens is 345 g/mol. The minimum atomic E-state index is -5.39. The Labute approximate surface area is 115 Å². The first kappa shape index (κ1) is 32.1. The molecule has 0 saturated carbocycles. The minimum Gasteiger partial charge on any atom is -0.822 e. The largest absolute Gasteiger partial charge is 0.822 e. The number of allylic oxidation sites excluding steroid dienone is 1. The molecule has 0 saturated heterocycles. The lowest BCUT2D eigenvalue weighted by atomic mass is 10.5. The highest BCUT2D eigenvalue weighted by Gasteiger charge is 1.46. The monoisotopic (exact) mass is 357 g/mol. The lowest BCUT2D eigenvalue weighted by molar-refractivity contribution is -0.434. The quantitative estimate of drug-likeness (QED) is 0.313. The van der Waals surface area contributed by atoms with Crippen molar-refractivity contribution in [2.24, 2.45) is 0 Å². The van der Waals surface area contributed by atoms with Crippen LogP contribution in [0.5, 0.6) is 0 Å². The zero-order valence-electron chi connectivity index (χ0n) is 9.23. The summed E-state index contributed by atoms with van der Waals surface area (Å²) in [4.78, 5) is 76.9. The highest BCUT2D eigenvalue weighted by molar-refractivity contribution is 7.40. The maximum absolute atomic E-state index is 8.55. The van der Waals surface area contributed by atoms with E-state index in [0.717, 1.165) is 6.42 Å². The Hall–Kier alpha value is 0.0700. The molecule has 128 valence electrons. The Morgan fingerprint density at radius 3 is 0.800 bits per heavy atom. The summed E-state index contributed by atoms with van der Waals surface area (Å²) >= 11 is 0. The van der Waals surface area contributed by atoms with Crippen LogP contribution in [-0.2, 0) is 13.7 Å². The van der Waals surface area contributed by atoms with Crippen LogP contribution in [0.2, 0.25) is 0 Å². The third-order valence-electron chi connectivity index (χ3n) is 0.289. The Balaban J connectivity index is -0.0000000494. The molecule has 0 aliphatic carbocycles. The van der Waals surface area contributed by atoms with Crippen molar-refractivity contribution in [1.29, 1.82) is 0 Å². The maximum atomic E-state index is 8.55. The van der Waals surface area contributed by atoms with Crippen LogP contribution in [0.15, 0.2) is 12.7 Å². The first-order chi connectivity index (χ1) is 7.91. The molecular formula is C5H12O12P3-9. The minimum absolute atomic E-state index is 0. The number of rotatable bonds is 1. The van der Waals surface area contributed by atoms with Crippen molar-refractivity contribution < 1.29 is 57.7 Å². The average molecular weight is 357 g/mol. The smallest absolute Gasteiger partial charge is 0.0382 e. The van der Waals surface area contributed by atoms with E-state index in [2.05, 4.69) is 13.5 Å². The van der Waals surface area contributed by atoms with Gasteiger partial charge in [-0.05, 0) is 6.42 Å². The molecule has 15 heteroatoms. The molecule has 0 aromatic heterocycles.